The molecule has 1 aromatic heterocycles. The van der Waals surface area contributed by atoms with E-state index in [0.29, 0.717) is 0 Å². The van der Waals surface area contributed by atoms with E-state index in [-0.39, 0.29) is 0 Å². The number of carboxylic acids is 1. The summed E-state index contributed by atoms with van der Waals surface area (Å²) in [5.41, 5.74) is 0.887. The lowest BCUT2D eigenvalue weighted by Gasteiger charge is -1.98. The van der Waals surface area contributed by atoms with E-state index in [9.17, 15) is 4.79 Å². The van der Waals surface area contributed by atoms with Crippen LogP contribution in [0.3, 0.4) is 0 Å². The van der Waals surface area contributed by atoms with E-state index >= 15 is 0 Å². The van der Waals surface area contributed by atoms with Gasteiger partial charge in [0.05, 0.1) is 11.6 Å². The van der Waals surface area contributed by atoms with Crippen LogP contribution in [0.15, 0.2) is 6.07 Å². The molecule has 0 amide bonds. The molecule has 0 aliphatic carbocycles. The molecule has 11 heavy (non-hydrogen) atoms. The summed E-state index contributed by atoms with van der Waals surface area (Å²) in [5.74, 6) is -1.23. The molecule has 0 bridgehead atoms. The summed E-state index contributed by atoms with van der Waals surface area (Å²) < 4.78 is 4.00. The van der Waals surface area contributed by atoms with Gasteiger partial charge in [-0.1, -0.05) is 0 Å². The van der Waals surface area contributed by atoms with E-state index < -0.39 is 11.9 Å². The van der Waals surface area contributed by atoms with Crippen LogP contribution in [0.4, 0.5) is 0 Å². The number of carbonyl (C=O) groups is 1. The fourth-order valence-electron chi connectivity index (χ4n) is 0.709. The Hall–Kier alpha value is -0.900. The molecule has 60 valence electrons. The van der Waals surface area contributed by atoms with Gasteiger partial charge in [0, 0.05) is 4.88 Å². The molecular weight excluding hydrogens is 162 g/mol. The zero-order valence-corrected chi connectivity index (χ0v) is 7.18. The van der Waals surface area contributed by atoms with E-state index in [1.165, 1.54) is 11.5 Å². The van der Waals surface area contributed by atoms with Crippen LogP contribution in [-0.2, 0) is 4.79 Å². The third-order valence-electron chi connectivity index (χ3n) is 1.44. The highest BCUT2D eigenvalue weighted by Crippen LogP contribution is 2.20. The molecule has 1 rings (SSSR count). The summed E-state index contributed by atoms with van der Waals surface area (Å²) >= 11 is 1.26. The summed E-state index contributed by atoms with van der Waals surface area (Å²) in [6.45, 7) is 3.52. The highest BCUT2D eigenvalue weighted by Gasteiger charge is 2.15. The summed E-state index contributed by atoms with van der Waals surface area (Å²) in [6.07, 6.45) is 0. The normalized spacial score (nSPS) is 12.9. The molecule has 0 aliphatic rings. The maximum absolute atomic E-state index is 10.5. The quantitative estimate of drug-likeness (QED) is 0.735. The summed E-state index contributed by atoms with van der Waals surface area (Å²) in [5, 5.41) is 8.62. The van der Waals surface area contributed by atoms with Gasteiger partial charge < -0.3 is 5.11 Å². The largest absolute Gasteiger partial charge is 0.481 e. The highest BCUT2D eigenvalue weighted by molar-refractivity contribution is 7.06. The molecule has 0 aliphatic heterocycles. The molecule has 0 radical (unpaired) electrons. The fourth-order valence-corrected chi connectivity index (χ4v) is 1.49. The Labute approximate surface area is 68.8 Å². The number of carboxylic acid groups (broad SMARTS) is 1. The molecule has 1 atom stereocenters. The third-order valence-corrected chi connectivity index (χ3v) is 2.50. The fraction of sp³-hybridized carbons (Fsp3) is 0.429. The van der Waals surface area contributed by atoms with Crippen LogP contribution in [0.5, 0.6) is 0 Å². The van der Waals surface area contributed by atoms with Crippen molar-refractivity contribution in [3.63, 3.8) is 0 Å². The molecule has 3 nitrogen and oxygen atoms in total. The SMILES string of the molecule is Cc1cc(C(C)C(=O)O)sn1. The molecule has 1 N–H and O–H groups in total. The molecule has 1 aromatic rings. The Morgan fingerprint density at radius 1 is 1.82 bits per heavy atom. The molecular formula is C7H9NO2S. The first kappa shape index (κ1) is 8.20. The minimum atomic E-state index is -0.798. The van der Waals surface area contributed by atoms with Crippen molar-refractivity contribution in [3.05, 3.63) is 16.6 Å². The van der Waals surface area contributed by atoms with Gasteiger partial charge in [0.15, 0.2) is 0 Å². The first-order valence-corrected chi connectivity index (χ1v) is 4.04. The van der Waals surface area contributed by atoms with Gasteiger partial charge in [0.2, 0.25) is 0 Å². The first-order chi connectivity index (χ1) is 5.11. The highest BCUT2D eigenvalue weighted by atomic mass is 32.1. The Bertz CT molecular complexity index is 269. The molecule has 0 saturated heterocycles. The molecule has 0 aromatic carbocycles. The Balaban J connectivity index is 2.84. The summed E-state index contributed by atoms with van der Waals surface area (Å²) in [6, 6.07) is 1.81. The number of hydrogen-bond donors (Lipinski definition) is 1. The van der Waals surface area contributed by atoms with Gasteiger partial charge in [0.1, 0.15) is 0 Å². The van der Waals surface area contributed by atoms with Crippen LogP contribution in [0.1, 0.15) is 23.4 Å². The lowest BCUT2D eigenvalue weighted by Crippen LogP contribution is -2.05. The van der Waals surface area contributed by atoms with Crippen LogP contribution in [-0.4, -0.2) is 15.4 Å². The van der Waals surface area contributed by atoms with E-state index in [1.807, 2.05) is 13.0 Å². The van der Waals surface area contributed by atoms with Crippen molar-refractivity contribution >= 4 is 17.5 Å². The Morgan fingerprint density at radius 2 is 2.45 bits per heavy atom. The summed E-state index contributed by atoms with van der Waals surface area (Å²) in [7, 11) is 0. The average Bonchev–Trinajstić information content (AvgIpc) is 2.34. The lowest BCUT2D eigenvalue weighted by molar-refractivity contribution is -0.138. The number of aliphatic carboxylic acids is 1. The van der Waals surface area contributed by atoms with Crippen LogP contribution < -0.4 is 0 Å². The predicted octanol–water partition coefficient (Wildman–Crippen LogP) is 1.64. The van der Waals surface area contributed by atoms with Crippen LogP contribution in [0, 0.1) is 6.92 Å². The second-order valence-electron chi connectivity index (χ2n) is 2.43. The number of aryl methyl sites for hydroxylation is 1. The van der Waals surface area contributed by atoms with Crippen molar-refractivity contribution in [3.8, 4) is 0 Å². The molecule has 1 unspecified atom stereocenters. The standard InChI is InChI=1S/C7H9NO2S/c1-4-3-6(11-8-4)5(2)7(9)10/h3,5H,1-2H3,(H,9,10). The van der Waals surface area contributed by atoms with Gasteiger partial charge in [-0.3, -0.25) is 4.79 Å². The average molecular weight is 171 g/mol. The zero-order chi connectivity index (χ0) is 8.43. The smallest absolute Gasteiger partial charge is 0.311 e. The Morgan fingerprint density at radius 3 is 2.82 bits per heavy atom. The lowest BCUT2D eigenvalue weighted by atomic mass is 10.1. The number of aromatic nitrogens is 1. The van der Waals surface area contributed by atoms with Crippen molar-refractivity contribution in [1.29, 1.82) is 0 Å². The minimum Gasteiger partial charge on any atom is -0.481 e. The van der Waals surface area contributed by atoms with E-state index in [1.54, 1.807) is 6.92 Å². The second kappa shape index (κ2) is 3.00. The molecule has 0 fully saturated rings. The van der Waals surface area contributed by atoms with Crippen molar-refractivity contribution in [2.75, 3.05) is 0 Å². The molecule has 0 spiro atoms. The maximum atomic E-state index is 10.5. The van der Waals surface area contributed by atoms with Gasteiger partial charge in [-0.2, -0.15) is 4.37 Å². The van der Waals surface area contributed by atoms with Gasteiger partial charge in [-0.15, -0.1) is 0 Å². The van der Waals surface area contributed by atoms with Crippen LogP contribution in [0.25, 0.3) is 0 Å². The van der Waals surface area contributed by atoms with Crippen molar-refractivity contribution < 1.29 is 9.90 Å². The topological polar surface area (TPSA) is 50.2 Å². The van der Waals surface area contributed by atoms with Crippen molar-refractivity contribution in [2.24, 2.45) is 0 Å². The zero-order valence-electron chi connectivity index (χ0n) is 6.37. The molecule has 0 saturated carbocycles. The van der Waals surface area contributed by atoms with Crippen molar-refractivity contribution in [2.45, 2.75) is 19.8 Å². The number of hydrogen-bond acceptors (Lipinski definition) is 3. The van der Waals surface area contributed by atoms with Gasteiger partial charge in [-0.05, 0) is 31.4 Å². The van der Waals surface area contributed by atoms with Crippen molar-refractivity contribution in [1.82, 2.24) is 4.37 Å². The van der Waals surface area contributed by atoms with Crippen LogP contribution >= 0.6 is 11.5 Å². The van der Waals surface area contributed by atoms with E-state index in [2.05, 4.69) is 4.37 Å². The van der Waals surface area contributed by atoms with E-state index in [0.717, 1.165) is 10.6 Å². The second-order valence-corrected chi connectivity index (χ2v) is 3.27. The number of rotatable bonds is 2. The molecule has 1 heterocycles. The first-order valence-electron chi connectivity index (χ1n) is 3.27. The minimum absolute atomic E-state index is 0.429. The van der Waals surface area contributed by atoms with Gasteiger partial charge in [-0.25, -0.2) is 0 Å². The monoisotopic (exact) mass is 171 g/mol. The van der Waals surface area contributed by atoms with Gasteiger partial charge >= 0.3 is 5.97 Å². The molecule has 4 heteroatoms. The Kier molecular flexibility index (Phi) is 2.24. The summed E-state index contributed by atoms with van der Waals surface area (Å²) in [4.78, 5) is 11.3. The van der Waals surface area contributed by atoms with Crippen LogP contribution in [0.2, 0.25) is 0 Å². The third kappa shape index (κ3) is 1.77. The maximum Gasteiger partial charge on any atom is 0.311 e. The van der Waals surface area contributed by atoms with Gasteiger partial charge in [0.25, 0.3) is 0 Å². The van der Waals surface area contributed by atoms with E-state index in [4.69, 9.17) is 5.11 Å². The predicted molar refractivity (Wildman–Crippen MR) is 42.9 cm³/mol. The number of nitrogens with zero attached hydrogens (tertiary/aromatic N) is 1.